The minimum atomic E-state index is -1.29. The van der Waals surface area contributed by atoms with Crippen LogP contribution in [-0.4, -0.2) is 31.9 Å². The van der Waals surface area contributed by atoms with Gasteiger partial charge in [0.15, 0.2) is 11.9 Å². The second-order valence-electron chi connectivity index (χ2n) is 4.21. The van der Waals surface area contributed by atoms with E-state index in [1.54, 1.807) is 25.1 Å². The van der Waals surface area contributed by atoms with E-state index in [0.29, 0.717) is 35.6 Å². The number of halogens is 2. The molecule has 0 fully saturated rings. The van der Waals surface area contributed by atoms with E-state index >= 15 is 0 Å². The van der Waals surface area contributed by atoms with E-state index in [4.69, 9.17) is 42.1 Å². The van der Waals surface area contributed by atoms with Crippen molar-refractivity contribution in [3.63, 3.8) is 0 Å². The van der Waals surface area contributed by atoms with Gasteiger partial charge in [-0.25, -0.2) is 0 Å². The molecule has 0 aliphatic rings. The lowest BCUT2D eigenvalue weighted by Crippen LogP contribution is -2.51. The van der Waals surface area contributed by atoms with Crippen molar-refractivity contribution in [1.29, 1.82) is 0 Å². The van der Waals surface area contributed by atoms with Gasteiger partial charge in [-0.3, -0.25) is 0 Å². The average Bonchev–Trinajstić information content (AvgIpc) is 2.43. The molecule has 0 saturated carbocycles. The standard InChI is InChI=1S/C15H22Cl2O4/c1-5-18-15(19-6-2,20-7-3)11(4)21-14-12(16)9-8-10-13(14)17/h8-11H,5-7H2,1-4H3/t11-/m1/s1. The number of hydrogen-bond acceptors (Lipinski definition) is 4. The van der Waals surface area contributed by atoms with Gasteiger partial charge in [0, 0.05) is 19.8 Å². The Morgan fingerprint density at radius 2 is 1.38 bits per heavy atom. The van der Waals surface area contributed by atoms with Crippen LogP contribution in [0.1, 0.15) is 27.7 Å². The third-order valence-electron chi connectivity index (χ3n) is 2.75. The molecule has 0 aromatic heterocycles. The minimum absolute atomic E-state index is 0.386. The van der Waals surface area contributed by atoms with Gasteiger partial charge in [0.1, 0.15) is 0 Å². The summed E-state index contributed by atoms with van der Waals surface area (Å²) in [4.78, 5) is 0. The molecule has 1 rings (SSSR count). The first kappa shape index (κ1) is 18.5. The molecule has 0 N–H and O–H groups in total. The summed E-state index contributed by atoms with van der Waals surface area (Å²) in [5.74, 6) is -0.905. The molecular formula is C15H22Cl2O4. The Bertz CT molecular complexity index is 402. The Hall–Kier alpha value is -0.520. The van der Waals surface area contributed by atoms with Crippen LogP contribution >= 0.6 is 23.2 Å². The van der Waals surface area contributed by atoms with E-state index in [1.165, 1.54) is 0 Å². The van der Waals surface area contributed by atoms with Gasteiger partial charge in [0.05, 0.1) is 10.0 Å². The van der Waals surface area contributed by atoms with Gasteiger partial charge in [0.25, 0.3) is 0 Å². The van der Waals surface area contributed by atoms with Crippen molar-refractivity contribution >= 4 is 23.2 Å². The van der Waals surface area contributed by atoms with Crippen LogP contribution in [-0.2, 0) is 14.2 Å². The van der Waals surface area contributed by atoms with E-state index in [-0.39, 0.29) is 0 Å². The molecule has 0 spiro atoms. The SMILES string of the molecule is CCOC(OCC)(OCC)[C@@H](C)Oc1c(Cl)cccc1Cl. The van der Waals surface area contributed by atoms with Crippen LogP contribution in [0.3, 0.4) is 0 Å². The molecule has 4 nitrogen and oxygen atoms in total. The maximum absolute atomic E-state index is 6.12. The summed E-state index contributed by atoms with van der Waals surface area (Å²) in [5.41, 5.74) is 0. The van der Waals surface area contributed by atoms with Gasteiger partial charge in [-0.05, 0) is 39.8 Å². The molecule has 0 heterocycles. The van der Waals surface area contributed by atoms with Gasteiger partial charge in [0.2, 0.25) is 0 Å². The molecule has 21 heavy (non-hydrogen) atoms. The molecular weight excluding hydrogens is 315 g/mol. The third kappa shape index (κ3) is 4.73. The predicted octanol–water partition coefficient (Wildman–Crippen LogP) is 4.52. The van der Waals surface area contributed by atoms with Crippen LogP contribution in [0, 0.1) is 0 Å². The largest absolute Gasteiger partial charge is 0.479 e. The highest BCUT2D eigenvalue weighted by Gasteiger charge is 2.42. The average molecular weight is 337 g/mol. The topological polar surface area (TPSA) is 36.9 Å². The lowest BCUT2D eigenvalue weighted by atomic mass is 10.3. The summed E-state index contributed by atoms with van der Waals surface area (Å²) in [5, 5.41) is 0.848. The number of rotatable bonds is 9. The summed E-state index contributed by atoms with van der Waals surface area (Å²) in [6.07, 6.45) is -0.560. The van der Waals surface area contributed by atoms with Crippen molar-refractivity contribution < 1.29 is 18.9 Å². The van der Waals surface area contributed by atoms with E-state index in [2.05, 4.69) is 0 Å². The van der Waals surface area contributed by atoms with Crippen LogP contribution < -0.4 is 4.74 Å². The minimum Gasteiger partial charge on any atom is -0.479 e. The van der Waals surface area contributed by atoms with Crippen molar-refractivity contribution in [1.82, 2.24) is 0 Å². The van der Waals surface area contributed by atoms with E-state index in [0.717, 1.165) is 0 Å². The highest BCUT2D eigenvalue weighted by Crippen LogP contribution is 2.35. The highest BCUT2D eigenvalue weighted by molar-refractivity contribution is 6.37. The van der Waals surface area contributed by atoms with Crippen LogP contribution in [0.15, 0.2) is 18.2 Å². The maximum Gasteiger partial charge on any atom is 0.321 e. The van der Waals surface area contributed by atoms with E-state index in [9.17, 15) is 0 Å². The Kier molecular flexibility index (Phi) is 7.77. The second kappa shape index (κ2) is 8.81. The van der Waals surface area contributed by atoms with Gasteiger partial charge in [-0.1, -0.05) is 29.3 Å². The first-order chi connectivity index (χ1) is 10.0. The smallest absolute Gasteiger partial charge is 0.321 e. The lowest BCUT2D eigenvalue weighted by molar-refractivity contribution is -0.403. The number of ether oxygens (including phenoxy) is 4. The summed E-state index contributed by atoms with van der Waals surface area (Å²) < 4.78 is 22.9. The summed E-state index contributed by atoms with van der Waals surface area (Å²) >= 11 is 12.2. The fourth-order valence-corrected chi connectivity index (χ4v) is 2.41. The molecule has 120 valence electrons. The van der Waals surface area contributed by atoms with Crippen LogP contribution in [0.2, 0.25) is 10.0 Å². The predicted molar refractivity (Wildman–Crippen MR) is 84.2 cm³/mol. The fourth-order valence-electron chi connectivity index (χ4n) is 1.92. The van der Waals surface area contributed by atoms with Gasteiger partial charge in [-0.15, -0.1) is 0 Å². The third-order valence-corrected chi connectivity index (χ3v) is 3.34. The molecule has 1 aromatic rings. The number of para-hydroxylation sites is 1. The molecule has 0 saturated heterocycles. The van der Waals surface area contributed by atoms with Crippen LogP contribution in [0.4, 0.5) is 0 Å². The molecule has 0 bridgehead atoms. The van der Waals surface area contributed by atoms with Crippen molar-refractivity contribution in [3.8, 4) is 5.75 Å². The first-order valence-corrected chi connectivity index (χ1v) is 7.78. The zero-order valence-corrected chi connectivity index (χ0v) is 14.3. The molecule has 1 atom stereocenters. The van der Waals surface area contributed by atoms with Gasteiger partial charge >= 0.3 is 5.97 Å². The molecule has 1 aromatic carbocycles. The molecule has 0 radical (unpaired) electrons. The van der Waals surface area contributed by atoms with Gasteiger partial charge in [-0.2, -0.15) is 0 Å². The zero-order chi connectivity index (χ0) is 15.9. The Morgan fingerprint density at radius 1 is 0.952 bits per heavy atom. The molecule has 0 amide bonds. The van der Waals surface area contributed by atoms with Crippen molar-refractivity contribution in [2.75, 3.05) is 19.8 Å². The van der Waals surface area contributed by atoms with Crippen LogP contribution in [0.25, 0.3) is 0 Å². The van der Waals surface area contributed by atoms with Crippen molar-refractivity contribution in [3.05, 3.63) is 28.2 Å². The van der Waals surface area contributed by atoms with Crippen molar-refractivity contribution in [2.45, 2.75) is 39.8 Å². The first-order valence-electron chi connectivity index (χ1n) is 7.03. The second-order valence-corrected chi connectivity index (χ2v) is 5.03. The normalized spacial score (nSPS) is 13.2. The van der Waals surface area contributed by atoms with Gasteiger partial charge < -0.3 is 18.9 Å². The Morgan fingerprint density at radius 3 is 1.76 bits per heavy atom. The number of hydrogen-bond donors (Lipinski definition) is 0. The van der Waals surface area contributed by atoms with Crippen molar-refractivity contribution in [2.24, 2.45) is 0 Å². The Labute approximate surface area is 136 Å². The van der Waals surface area contributed by atoms with Crippen LogP contribution in [0.5, 0.6) is 5.75 Å². The summed E-state index contributed by atoms with van der Waals surface area (Å²) in [7, 11) is 0. The molecule has 0 aliphatic carbocycles. The van der Waals surface area contributed by atoms with E-state index < -0.39 is 12.1 Å². The summed E-state index contributed by atoms with van der Waals surface area (Å²) in [6.45, 7) is 8.64. The molecule has 0 unspecified atom stereocenters. The quantitative estimate of drug-likeness (QED) is 0.621. The monoisotopic (exact) mass is 336 g/mol. The van der Waals surface area contributed by atoms with E-state index in [1.807, 2.05) is 20.8 Å². The lowest BCUT2D eigenvalue weighted by Gasteiger charge is -2.37. The zero-order valence-electron chi connectivity index (χ0n) is 12.8. The number of benzene rings is 1. The molecule has 6 heteroatoms. The fraction of sp³-hybridized carbons (Fsp3) is 0.600. The highest BCUT2D eigenvalue weighted by atomic mass is 35.5. The maximum atomic E-state index is 6.12. The Balaban J connectivity index is 3.01. The molecule has 0 aliphatic heterocycles. The summed E-state index contributed by atoms with van der Waals surface area (Å²) in [6, 6.07) is 5.17.